The van der Waals surface area contributed by atoms with Gasteiger partial charge in [-0.05, 0) is 30.7 Å². The zero-order chi connectivity index (χ0) is 14.2. The second-order valence-electron chi connectivity index (χ2n) is 5.08. The molecule has 1 heterocycles. The van der Waals surface area contributed by atoms with Crippen LogP contribution in [0.4, 0.5) is 5.69 Å². The van der Waals surface area contributed by atoms with Crippen molar-refractivity contribution in [3.05, 3.63) is 29.8 Å². The highest BCUT2D eigenvalue weighted by molar-refractivity contribution is 5.85. The second kappa shape index (κ2) is 11.5. The number of rotatable bonds is 6. The average Bonchev–Trinajstić information content (AvgIpc) is 2.47. The molecule has 22 heavy (non-hydrogen) atoms. The number of hydrogen-bond donors (Lipinski definition) is 2. The Hall–Kier alpha value is -1.01. The SMILES string of the molecule is Cl.Cl.Nc1ccc(CC(=O)NCCCN2CCOCC2)cc1. The topological polar surface area (TPSA) is 67.6 Å². The molecule has 5 nitrogen and oxygen atoms in total. The summed E-state index contributed by atoms with van der Waals surface area (Å²) in [5.74, 6) is 0.0664. The molecular formula is C15H25Cl2N3O2. The predicted molar refractivity (Wildman–Crippen MR) is 93.9 cm³/mol. The van der Waals surface area contributed by atoms with Gasteiger partial charge in [-0.2, -0.15) is 0 Å². The third-order valence-corrected chi connectivity index (χ3v) is 3.42. The van der Waals surface area contributed by atoms with E-state index in [4.69, 9.17) is 10.5 Å². The van der Waals surface area contributed by atoms with Crippen LogP contribution in [-0.4, -0.2) is 50.2 Å². The van der Waals surface area contributed by atoms with E-state index in [1.54, 1.807) is 0 Å². The van der Waals surface area contributed by atoms with E-state index in [1.165, 1.54) is 0 Å². The number of hydrogen-bond acceptors (Lipinski definition) is 4. The maximum absolute atomic E-state index is 11.8. The smallest absolute Gasteiger partial charge is 0.224 e. The zero-order valence-corrected chi connectivity index (χ0v) is 14.3. The Labute approximate surface area is 144 Å². The number of nitrogens with one attached hydrogen (secondary N) is 1. The molecule has 0 radical (unpaired) electrons. The van der Waals surface area contributed by atoms with Crippen LogP contribution >= 0.6 is 24.8 Å². The number of anilines is 1. The Bertz CT molecular complexity index is 423. The summed E-state index contributed by atoms with van der Waals surface area (Å²) in [6, 6.07) is 7.42. The summed E-state index contributed by atoms with van der Waals surface area (Å²) in [5, 5.41) is 2.96. The number of carbonyl (C=O) groups is 1. The van der Waals surface area contributed by atoms with Crippen molar-refractivity contribution in [3.63, 3.8) is 0 Å². The monoisotopic (exact) mass is 349 g/mol. The van der Waals surface area contributed by atoms with E-state index < -0.39 is 0 Å². The molecule has 7 heteroatoms. The van der Waals surface area contributed by atoms with Crippen molar-refractivity contribution in [2.45, 2.75) is 12.8 Å². The summed E-state index contributed by atoms with van der Waals surface area (Å²) >= 11 is 0. The fourth-order valence-electron chi connectivity index (χ4n) is 2.24. The lowest BCUT2D eigenvalue weighted by molar-refractivity contribution is -0.120. The van der Waals surface area contributed by atoms with Gasteiger partial charge in [-0.1, -0.05) is 12.1 Å². The second-order valence-corrected chi connectivity index (χ2v) is 5.08. The van der Waals surface area contributed by atoms with Crippen molar-refractivity contribution in [1.82, 2.24) is 10.2 Å². The normalized spacial score (nSPS) is 14.5. The summed E-state index contributed by atoms with van der Waals surface area (Å²) in [5.41, 5.74) is 7.33. The van der Waals surface area contributed by atoms with Gasteiger partial charge in [0.15, 0.2) is 0 Å². The number of carbonyl (C=O) groups excluding carboxylic acids is 1. The van der Waals surface area contributed by atoms with Gasteiger partial charge in [0.2, 0.25) is 5.91 Å². The van der Waals surface area contributed by atoms with Crippen LogP contribution in [0.3, 0.4) is 0 Å². The third-order valence-electron chi connectivity index (χ3n) is 3.42. The molecule has 126 valence electrons. The molecule has 1 aromatic rings. The summed E-state index contributed by atoms with van der Waals surface area (Å²) in [4.78, 5) is 14.1. The lowest BCUT2D eigenvalue weighted by Crippen LogP contribution is -2.38. The lowest BCUT2D eigenvalue weighted by Gasteiger charge is -2.26. The van der Waals surface area contributed by atoms with E-state index in [0.717, 1.165) is 57.1 Å². The molecule has 1 saturated heterocycles. The molecule has 2 rings (SSSR count). The maximum atomic E-state index is 11.8. The minimum absolute atomic E-state index is 0. The van der Waals surface area contributed by atoms with Crippen molar-refractivity contribution in [2.75, 3.05) is 45.1 Å². The number of nitrogens with two attached hydrogens (primary N) is 1. The quantitative estimate of drug-likeness (QED) is 0.603. The average molecular weight is 350 g/mol. The molecule has 1 aliphatic heterocycles. The van der Waals surface area contributed by atoms with E-state index >= 15 is 0 Å². The number of morpholine rings is 1. The van der Waals surface area contributed by atoms with Crippen LogP contribution in [0.5, 0.6) is 0 Å². The molecule has 0 atom stereocenters. The van der Waals surface area contributed by atoms with Crippen molar-refractivity contribution in [1.29, 1.82) is 0 Å². The van der Waals surface area contributed by atoms with E-state index in [-0.39, 0.29) is 30.7 Å². The number of benzene rings is 1. The largest absolute Gasteiger partial charge is 0.399 e. The van der Waals surface area contributed by atoms with Crippen LogP contribution < -0.4 is 11.1 Å². The molecule has 1 aromatic carbocycles. The van der Waals surface area contributed by atoms with E-state index in [1.807, 2.05) is 24.3 Å². The Kier molecular flexibility index (Phi) is 11.0. The zero-order valence-electron chi connectivity index (χ0n) is 12.6. The van der Waals surface area contributed by atoms with Gasteiger partial charge < -0.3 is 15.8 Å². The van der Waals surface area contributed by atoms with Crippen molar-refractivity contribution >= 4 is 36.4 Å². The molecule has 0 aromatic heterocycles. The molecular weight excluding hydrogens is 325 g/mol. The molecule has 3 N–H and O–H groups in total. The van der Waals surface area contributed by atoms with E-state index in [9.17, 15) is 4.79 Å². The van der Waals surface area contributed by atoms with Crippen LogP contribution in [-0.2, 0) is 16.0 Å². The summed E-state index contributed by atoms with van der Waals surface area (Å²) in [7, 11) is 0. The molecule has 0 aliphatic carbocycles. The van der Waals surface area contributed by atoms with Gasteiger partial charge in [-0.25, -0.2) is 0 Å². The summed E-state index contributed by atoms with van der Waals surface area (Å²) < 4.78 is 5.30. The molecule has 1 aliphatic rings. The number of amides is 1. The Morgan fingerprint density at radius 1 is 1.18 bits per heavy atom. The minimum atomic E-state index is 0. The predicted octanol–water partition coefficient (Wildman–Crippen LogP) is 1.49. The first kappa shape index (κ1) is 21.0. The highest BCUT2D eigenvalue weighted by Gasteiger charge is 2.09. The van der Waals surface area contributed by atoms with E-state index in [0.29, 0.717) is 6.42 Å². The highest BCUT2D eigenvalue weighted by Crippen LogP contribution is 2.05. The van der Waals surface area contributed by atoms with Gasteiger partial charge in [0.1, 0.15) is 0 Å². The highest BCUT2D eigenvalue weighted by atomic mass is 35.5. The lowest BCUT2D eigenvalue weighted by atomic mass is 10.1. The summed E-state index contributed by atoms with van der Waals surface area (Å²) in [6.07, 6.45) is 1.39. The third kappa shape index (κ3) is 7.84. The standard InChI is InChI=1S/C15H23N3O2.2ClH/c16-14-4-2-13(3-5-14)12-15(19)17-6-1-7-18-8-10-20-11-9-18;;/h2-5H,1,6-12,16H2,(H,17,19);2*1H. The van der Waals surface area contributed by atoms with Crippen LogP contribution in [0.1, 0.15) is 12.0 Å². The van der Waals surface area contributed by atoms with Crippen LogP contribution in [0, 0.1) is 0 Å². The first-order chi connectivity index (χ1) is 9.74. The van der Waals surface area contributed by atoms with Gasteiger partial charge in [0, 0.05) is 25.3 Å². The fraction of sp³-hybridized carbons (Fsp3) is 0.533. The minimum Gasteiger partial charge on any atom is -0.399 e. The van der Waals surface area contributed by atoms with Gasteiger partial charge >= 0.3 is 0 Å². The van der Waals surface area contributed by atoms with Crippen molar-refractivity contribution in [3.8, 4) is 0 Å². The van der Waals surface area contributed by atoms with Crippen molar-refractivity contribution < 1.29 is 9.53 Å². The number of halogens is 2. The molecule has 0 unspecified atom stereocenters. The van der Waals surface area contributed by atoms with Gasteiger partial charge in [-0.15, -0.1) is 24.8 Å². The number of nitrogens with zero attached hydrogens (tertiary/aromatic N) is 1. The van der Waals surface area contributed by atoms with Crippen molar-refractivity contribution in [2.24, 2.45) is 0 Å². The van der Waals surface area contributed by atoms with Gasteiger partial charge in [-0.3, -0.25) is 9.69 Å². The molecule has 1 fully saturated rings. The number of ether oxygens (including phenoxy) is 1. The molecule has 0 spiro atoms. The fourth-order valence-corrected chi connectivity index (χ4v) is 2.24. The Morgan fingerprint density at radius 2 is 1.82 bits per heavy atom. The van der Waals surface area contributed by atoms with Gasteiger partial charge in [0.05, 0.1) is 19.6 Å². The Morgan fingerprint density at radius 3 is 2.45 bits per heavy atom. The first-order valence-electron chi connectivity index (χ1n) is 7.15. The van der Waals surface area contributed by atoms with Crippen LogP contribution in [0.15, 0.2) is 24.3 Å². The summed E-state index contributed by atoms with van der Waals surface area (Å²) in [6.45, 7) is 5.39. The molecule has 0 saturated carbocycles. The number of nitrogen functional groups attached to an aromatic ring is 1. The Balaban J connectivity index is 0.00000220. The van der Waals surface area contributed by atoms with Gasteiger partial charge in [0.25, 0.3) is 0 Å². The maximum Gasteiger partial charge on any atom is 0.224 e. The first-order valence-corrected chi connectivity index (χ1v) is 7.15. The van der Waals surface area contributed by atoms with E-state index in [2.05, 4.69) is 10.2 Å². The molecule has 1 amide bonds. The molecule has 0 bridgehead atoms. The van der Waals surface area contributed by atoms with Crippen LogP contribution in [0.25, 0.3) is 0 Å². The van der Waals surface area contributed by atoms with Crippen LogP contribution in [0.2, 0.25) is 0 Å².